The summed E-state index contributed by atoms with van der Waals surface area (Å²) in [5.74, 6) is 0.734. The van der Waals surface area contributed by atoms with Crippen molar-refractivity contribution in [1.29, 1.82) is 0 Å². The summed E-state index contributed by atoms with van der Waals surface area (Å²) in [5, 5.41) is 11.5. The third kappa shape index (κ3) is 5.23. The maximum atomic E-state index is 11.5. The second-order valence-corrected chi connectivity index (χ2v) is 8.70. The lowest BCUT2D eigenvalue weighted by Crippen LogP contribution is -2.57. The van der Waals surface area contributed by atoms with E-state index >= 15 is 0 Å². The number of allylic oxidation sites excluding steroid dienone is 1. The number of aliphatic hydroxyl groups excluding tert-OH is 1. The lowest BCUT2D eigenvalue weighted by Gasteiger charge is -2.45. The fourth-order valence-corrected chi connectivity index (χ4v) is 4.78. The van der Waals surface area contributed by atoms with Crippen molar-refractivity contribution in [3.8, 4) is 0 Å². The van der Waals surface area contributed by atoms with Crippen molar-refractivity contribution in [1.82, 2.24) is 9.80 Å². The van der Waals surface area contributed by atoms with Gasteiger partial charge in [0.2, 0.25) is 0 Å². The number of rotatable bonds is 9. The highest BCUT2D eigenvalue weighted by Crippen LogP contribution is 2.32. The van der Waals surface area contributed by atoms with Crippen molar-refractivity contribution in [2.24, 2.45) is 10.9 Å². The van der Waals surface area contributed by atoms with E-state index < -0.39 is 6.23 Å². The lowest BCUT2D eigenvalue weighted by molar-refractivity contribution is -0.0496. The molecule has 0 radical (unpaired) electrons. The Morgan fingerprint density at radius 3 is 2.72 bits per heavy atom. The number of nitrogens with zero attached hydrogens (tertiary/aromatic N) is 3. The first kappa shape index (κ1) is 23.0. The van der Waals surface area contributed by atoms with Crippen LogP contribution in [0.5, 0.6) is 0 Å². The molecule has 0 saturated carbocycles. The van der Waals surface area contributed by atoms with Crippen LogP contribution < -0.4 is 0 Å². The molecule has 4 atom stereocenters. The zero-order chi connectivity index (χ0) is 22.5. The fourth-order valence-electron chi connectivity index (χ4n) is 4.78. The third-order valence-corrected chi connectivity index (χ3v) is 6.46. The van der Waals surface area contributed by atoms with E-state index in [2.05, 4.69) is 42.3 Å². The molecule has 7 nitrogen and oxygen atoms in total. The summed E-state index contributed by atoms with van der Waals surface area (Å²) < 4.78 is 16.6. The van der Waals surface area contributed by atoms with Gasteiger partial charge in [-0.1, -0.05) is 42.5 Å². The molecule has 1 fully saturated rings. The van der Waals surface area contributed by atoms with Crippen molar-refractivity contribution in [2.75, 3.05) is 40.5 Å². The van der Waals surface area contributed by atoms with Gasteiger partial charge in [0.05, 0.1) is 43.7 Å². The van der Waals surface area contributed by atoms with E-state index in [0.717, 1.165) is 30.9 Å². The molecule has 0 bridgehead atoms. The molecule has 1 aliphatic carbocycles. The average molecular weight is 442 g/mol. The summed E-state index contributed by atoms with van der Waals surface area (Å²) in [6.45, 7) is 4.66. The first-order valence-corrected chi connectivity index (χ1v) is 11.4. The smallest absolute Gasteiger partial charge is 0.159 e. The van der Waals surface area contributed by atoms with Crippen LogP contribution in [0.2, 0.25) is 0 Å². The number of hydrogen-bond acceptors (Lipinski definition) is 7. The minimum absolute atomic E-state index is 0.000695. The van der Waals surface area contributed by atoms with Crippen LogP contribution in [-0.4, -0.2) is 85.9 Å². The Hall–Kier alpha value is -2.19. The van der Waals surface area contributed by atoms with Gasteiger partial charge in [-0.05, 0) is 25.0 Å². The Morgan fingerprint density at radius 1 is 1.25 bits per heavy atom. The number of hydrogen-bond donors (Lipinski definition) is 1. The Morgan fingerprint density at radius 2 is 2.00 bits per heavy atom. The Balaban J connectivity index is 1.48. The number of likely N-dealkylation sites (N-methyl/N-ethyl adjacent to an activating group) is 1. The number of amidine groups is 1. The SMILES string of the molecule is COC[C@H](Cc1ccccc1)N1C(C)=NC2C=CC(N(C)CCC3OCCO3)=CC2C1O. The molecule has 2 aliphatic heterocycles. The summed E-state index contributed by atoms with van der Waals surface area (Å²) in [5.41, 5.74) is 2.30. The van der Waals surface area contributed by atoms with Gasteiger partial charge in [0, 0.05) is 32.8 Å². The zero-order valence-corrected chi connectivity index (χ0v) is 19.3. The number of fused-ring (bicyclic) bond motifs is 1. The molecule has 174 valence electrons. The predicted octanol–water partition coefficient (Wildman–Crippen LogP) is 2.43. The van der Waals surface area contributed by atoms with Gasteiger partial charge >= 0.3 is 0 Å². The summed E-state index contributed by atoms with van der Waals surface area (Å²) >= 11 is 0. The van der Waals surface area contributed by atoms with Crippen LogP contribution in [0.25, 0.3) is 0 Å². The van der Waals surface area contributed by atoms with E-state index in [0.29, 0.717) is 19.8 Å². The molecule has 1 aromatic carbocycles. The molecule has 32 heavy (non-hydrogen) atoms. The molecule has 1 aromatic rings. The standard InChI is InChI=1S/C25H35N3O4/c1-18-26-23-10-9-20(27(2)12-11-24-31-13-14-32-24)16-22(23)25(29)28(18)21(17-30-3)15-19-7-5-4-6-8-19/h4-10,16,21-25,29H,11-15,17H2,1-3H3/t21-,22?,23?,25?/m0/s1. The number of aliphatic hydroxyl groups is 1. The maximum absolute atomic E-state index is 11.5. The molecule has 3 aliphatic rings. The largest absolute Gasteiger partial charge is 0.383 e. The number of ether oxygens (including phenoxy) is 3. The van der Waals surface area contributed by atoms with E-state index in [4.69, 9.17) is 19.2 Å². The molecule has 2 heterocycles. The van der Waals surface area contributed by atoms with Crippen LogP contribution in [0.3, 0.4) is 0 Å². The predicted molar refractivity (Wildman–Crippen MR) is 124 cm³/mol. The van der Waals surface area contributed by atoms with Crippen molar-refractivity contribution < 1.29 is 19.3 Å². The summed E-state index contributed by atoms with van der Waals surface area (Å²) in [6.07, 6.45) is 7.17. The monoisotopic (exact) mass is 441 g/mol. The van der Waals surface area contributed by atoms with E-state index in [1.165, 1.54) is 5.56 Å². The van der Waals surface area contributed by atoms with Crippen LogP contribution in [0.1, 0.15) is 18.9 Å². The van der Waals surface area contributed by atoms with Gasteiger partial charge in [-0.15, -0.1) is 0 Å². The topological polar surface area (TPSA) is 66.8 Å². The maximum Gasteiger partial charge on any atom is 0.159 e. The molecular weight excluding hydrogens is 406 g/mol. The van der Waals surface area contributed by atoms with Gasteiger partial charge < -0.3 is 29.1 Å². The zero-order valence-electron chi connectivity index (χ0n) is 19.3. The number of methoxy groups -OCH3 is 1. The van der Waals surface area contributed by atoms with Gasteiger partial charge in [-0.25, -0.2) is 0 Å². The highest BCUT2D eigenvalue weighted by atomic mass is 16.7. The molecule has 0 amide bonds. The molecule has 0 spiro atoms. The highest BCUT2D eigenvalue weighted by Gasteiger charge is 2.39. The van der Waals surface area contributed by atoms with Crippen molar-refractivity contribution in [3.63, 3.8) is 0 Å². The van der Waals surface area contributed by atoms with Crippen molar-refractivity contribution in [3.05, 3.63) is 59.8 Å². The second kappa shape index (κ2) is 10.6. The summed E-state index contributed by atoms with van der Waals surface area (Å²) in [7, 11) is 3.77. The van der Waals surface area contributed by atoms with Gasteiger partial charge in [-0.2, -0.15) is 0 Å². The van der Waals surface area contributed by atoms with E-state index in [1.807, 2.05) is 30.0 Å². The lowest BCUT2D eigenvalue weighted by atomic mass is 9.88. The molecule has 7 heteroatoms. The average Bonchev–Trinajstić information content (AvgIpc) is 3.32. The number of aliphatic imine (C=N–C) groups is 1. The van der Waals surface area contributed by atoms with Crippen LogP contribution >= 0.6 is 0 Å². The Bertz CT molecular complexity index is 835. The van der Waals surface area contributed by atoms with E-state index in [-0.39, 0.29) is 24.3 Å². The molecule has 1 N–H and O–H groups in total. The van der Waals surface area contributed by atoms with Gasteiger partial charge in [0.15, 0.2) is 6.29 Å². The van der Waals surface area contributed by atoms with Gasteiger partial charge in [0.25, 0.3) is 0 Å². The van der Waals surface area contributed by atoms with Crippen LogP contribution in [0.4, 0.5) is 0 Å². The fraction of sp³-hybridized carbons (Fsp3) is 0.560. The van der Waals surface area contributed by atoms with Crippen LogP contribution in [-0.2, 0) is 20.6 Å². The van der Waals surface area contributed by atoms with Crippen molar-refractivity contribution >= 4 is 5.84 Å². The van der Waals surface area contributed by atoms with Crippen LogP contribution in [0, 0.1) is 5.92 Å². The molecule has 1 saturated heterocycles. The summed E-state index contributed by atoms with van der Waals surface area (Å²) in [6, 6.07) is 10.3. The first-order valence-electron chi connectivity index (χ1n) is 11.4. The minimum atomic E-state index is -0.670. The molecule has 3 unspecified atom stereocenters. The van der Waals surface area contributed by atoms with E-state index in [1.54, 1.807) is 7.11 Å². The normalized spacial score (nSPS) is 26.5. The summed E-state index contributed by atoms with van der Waals surface area (Å²) in [4.78, 5) is 9.14. The van der Waals surface area contributed by atoms with Crippen molar-refractivity contribution in [2.45, 2.75) is 44.4 Å². The second-order valence-electron chi connectivity index (χ2n) is 8.70. The van der Waals surface area contributed by atoms with Crippen LogP contribution in [0.15, 0.2) is 59.2 Å². The molecular formula is C25H35N3O4. The minimum Gasteiger partial charge on any atom is -0.383 e. The van der Waals surface area contributed by atoms with Gasteiger partial charge in [0.1, 0.15) is 6.23 Å². The Kier molecular flexibility index (Phi) is 7.63. The first-order chi connectivity index (χ1) is 15.6. The van der Waals surface area contributed by atoms with E-state index in [9.17, 15) is 5.11 Å². The molecule has 4 rings (SSSR count). The quantitative estimate of drug-likeness (QED) is 0.635. The third-order valence-electron chi connectivity index (χ3n) is 6.46. The Labute approximate surface area is 191 Å². The number of benzene rings is 1. The molecule has 0 aromatic heterocycles. The highest BCUT2D eigenvalue weighted by molar-refractivity contribution is 5.81. The van der Waals surface area contributed by atoms with Gasteiger partial charge in [-0.3, -0.25) is 4.99 Å².